The van der Waals surface area contributed by atoms with Crippen molar-refractivity contribution in [2.75, 3.05) is 0 Å². The van der Waals surface area contributed by atoms with Crippen LogP contribution >= 0.6 is 23.2 Å². The van der Waals surface area contributed by atoms with Crippen molar-refractivity contribution < 1.29 is 4.39 Å². The van der Waals surface area contributed by atoms with Gasteiger partial charge in [-0.2, -0.15) is 0 Å². The van der Waals surface area contributed by atoms with Gasteiger partial charge in [0.25, 0.3) is 0 Å². The molecular weight excluding hydrogens is 290 g/mol. The molecule has 4 nitrogen and oxygen atoms in total. The van der Waals surface area contributed by atoms with Gasteiger partial charge in [0.15, 0.2) is 5.82 Å². The van der Waals surface area contributed by atoms with Gasteiger partial charge in [-0.25, -0.2) is 9.07 Å². The normalized spacial score (nSPS) is 11.3. The van der Waals surface area contributed by atoms with Crippen molar-refractivity contribution >= 4 is 23.2 Å². The van der Waals surface area contributed by atoms with Crippen molar-refractivity contribution in [2.45, 2.75) is 26.4 Å². The van der Waals surface area contributed by atoms with Crippen LogP contribution in [0.2, 0.25) is 10.0 Å². The molecule has 0 aliphatic rings. The minimum Gasteiger partial charge on any atom is -0.309 e. The Labute approximate surface area is 120 Å². The minimum atomic E-state index is -0.631. The molecule has 1 aromatic heterocycles. The maximum Gasteiger partial charge on any atom is 0.160 e. The summed E-state index contributed by atoms with van der Waals surface area (Å²) in [5.41, 5.74) is 1.42. The molecule has 7 heteroatoms. The fourth-order valence-electron chi connectivity index (χ4n) is 1.57. The van der Waals surface area contributed by atoms with Crippen molar-refractivity contribution in [2.24, 2.45) is 0 Å². The number of rotatable bonds is 4. The molecule has 0 fully saturated rings. The van der Waals surface area contributed by atoms with Crippen molar-refractivity contribution in [1.82, 2.24) is 20.3 Å². The van der Waals surface area contributed by atoms with Crippen molar-refractivity contribution in [1.29, 1.82) is 0 Å². The second-order valence-corrected chi connectivity index (χ2v) is 5.21. The zero-order valence-electron chi connectivity index (χ0n) is 10.5. The molecule has 0 aliphatic heterocycles. The van der Waals surface area contributed by atoms with Crippen LogP contribution in [-0.4, -0.2) is 21.0 Å². The van der Waals surface area contributed by atoms with E-state index in [1.165, 1.54) is 12.1 Å². The molecular formula is C12H13Cl2FN4. The lowest BCUT2D eigenvalue weighted by atomic mass is 10.3. The van der Waals surface area contributed by atoms with Gasteiger partial charge in [-0.3, -0.25) is 0 Å². The van der Waals surface area contributed by atoms with Crippen molar-refractivity contribution in [3.8, 4) is 5.69 Å². The quantitative estimate of drug-likeness (QED) is 0.882. The van der Waals surface area contributed by atoms with Crippen LogP contribution in [0.25, 0.3) is 5.69 Å². The minimum absolute atomic E-state index is 0.0410. The Balaban J connectivity index is 2.34. The lowest BCUT2D eigenvalue weighted by molar-refractivity contribution is 0.570. The highest BCUT2D eigenvalue weighted by Crippen LogP contribution is 2.26. The third-order valence-electron chi connectivity index (χ3n) is 2.52. The molecule has 0 saturated heterocycles. The summed E-state index contributed by atoms with van der Waals surface area (Å²) < 4.78 is 15.0. The van der Waals surface area contributed by atoms with Crippen LogP contribution in [-0.2, 0) is 6.54 Å². The first kappa shape index (κ1) is 14.2. The Kier molecular flexibility index (Phi) is 4.39. The average molecular weight is 303 g/mol. The van der Waals surface area contributed by atoms with Gasteiger partial charge in [-0.05, 0) is 12.1 Å². The zero-order valence-corrected chi connectivity index (χ0v) is 12.0. The van der Waals surface area contributed by atoms with Crippen LogP contribution in [0.1, 0.15) is 19.5 Å². The molecule has 0 bridgehead atoms. The molecule has 0 radical (unpaired) electrons. The topological polar surface area (TPSA) is 42.7 Å². The van der Waals surface area contributed by atoms with Crippen LogP contribution in [0, 0.1) is 5.82 Å². The van der Waals surface area contributed by atoms with Crippen LogP contribution < -0.4 is 5.32 Å². The highest BCUT2D eigenvalue weighted by Gasteiger charge is 2.12. The molecule has 0 unspecified atom stereocenters. The monoisotopic (exact) mass is 302 g/mol. The highest BCUT2D eigenvalue weighted by molar-refractivity contribution is 6.35. The fourth-order valence-corrected chi connectivity index (χ4v) is 2.04. The van der Waals surface area contributed by atoms with Gasteiger partial charge in [-0.1, -0.05) is 42.3 Å². The summed E-state index contributed by atoms with van der Waals surface area (Å²) in [6.45, 7) is 4.68. The van der Waals surface area contributed by atoms with Crippen LogP contribution in [0.4, 0.5) is 4.39 Å². The van der Waals surface area contributed by atoms with Gasteiger partial charge in [0.1, 0.15) is 0 Å². The van der Waals surface area contributed by atoms with Crippen molar-refractivity contribution in [3.63, 3.8) is 0 Å². The predicted molar refractivity (Wildman–Crippen MR) is 73.3 cm³/mol. The summed E-state index contributed by atoms with van der Waals surface area (Å²) in [7, 11) is 0. The summed E-state index contributed by atoms with van der Waals surface area (Å²) in [6.07, 6.45) is 1.64. The third-order valence-corrected chi connectivity index (χ3v) is 3.07. The van der Waals surface area contributed by atoms with Gasteiger partial charge in [-0.15, -0.1) is 5.10 Å². The van der Waals surface area contributed by atoms with Gasteiger partial charge in [0.05, 0.1) is 27.6 Å². The molecule has 2 aromatic rings. The van der Waals surface area contributed by atoms with E-state index < -0.39 is 5.82 Å². The van der Waals surface area contributed by atoms with Gasteiger partial charge in [0, 0.05) is 12.6 Å². The Hall–Kier alpha value is -1.17. The standard InChI is InChI=1S/C12H13Cl2FN4/c1-7(2)16-5-9-6-17-18-19(9)8-3-10(13)12(15)11(14)4-8/h3-4,6-7,16H,5H2,1-2H3. The van der Waals surface area contributed by atoms with Crippen LogP contribution in [0.15, 0.2) is 18.3 Å². The molecule has 102 valence electrons. The summed E-state index contributed by atoms with van der Waals surface area (Å²) in [6, 6.07) is 3.27. The van der Waals surface area contributed by atoms with E-state index in [-0.39, 0.29) is 10.0 Å². The number of hydrogen-bond donors (Lipinski definition) is 1. The van der Waals surface area contributed by atoms with E-state index in [0.717, 1.165) is 5.69 Å². The summed E-state index contributed by atoms with van der Waals surface area (Å²) in [5.74, 6) is -0.631. The zero-order chi connectivity index (χ0) is 14.0. The number of hydrogen-bond acceptors (Lipinski definition) is 3. The molecule has 0 aliphatic carbocycles. The smallest absolute Gasteiger partial charge is 0.160 e. The summed E-state index contributed by atoms with van der Waals surface area (Å²) in [4.78, 5) is 0. The molecule has 0 spiro atoms. The first-order valence-corrected chi connectivity index (χ1v) is 6.52. The maximum absolute atomic E-state index is 13.4. The van der Waals surface area contributed by atoms with Crippen LogP contribution in [0.3, 0.4) is 0 Å². The molecule has 0 saturated carbocycles. The van der Waals surface area contributed by atoms with E-state index in [1.807, 2.05) is 13.8 Å². The second-order valence-electron chi connectivity index (χ2n) is 4.40. The first-order valence-electron chi connectivity index (χ1n) is 5.77. The predicted octanol–water partition coefficient (Wildman–Crippen LogP) is 3.21. The Bertz CT molecular complexity index is 560. The maximum atomic E-state index is 13.4. The second kappa shape index (κ2) is 5.86. The number of halogens is 3. The van der Waals surface area contributed by atoms with E-state index >= 15 is 0 Å². The number of benzene rings is 1. The van der Waals surface area contributed by atoms with E-state index in [0.29, 0.717) is 18.3 Å². The van der Waals surface area contributed by atoms with Gasteiger partial charge >= 0.3 is 0 Å². The fraction of sp³-hybridized carbons (Fsp3) is 0.333. The van der Waals surface area contributed by atoms with Crippen LogP contribution in [0.5, 0.6) is 0 Å². The van der Waals surface area contributed by atoms with Gasteiger partial charge < -0.3 is 5.32 Å². The Morgan fingerprint density at radius 3 is 2.53 bits per heavy atom. The van der Waals surface area contributed by atoms with E-state index in [1.54, 1.807) is 10.9 Å². The number of nitrogens with one attached hydrogen (secondary N) is 1. The molecule has 19 heavy (non-hydrogen) atoms. The lowest BCUT2D eigenvalue weighted by Crippen LogP contribution is -2.23. The third kappa shape index (κ3) is 3.23. The molecule has 0 atom stereocenters. The van der Waals surface area contributed by atoms with E-state index in [4.69, 9.17) is 23.2 Å². The van der Waals surface area contributed by atoms with E-state index in [9.17, 15) is 4.39 Å². The largest absolute Gasteiger partial charge is 0.309 e. The summed E-state index contributed by atoms with van der Waals surface area (Å²) >= 11 is 11.6. The highest BCUT2D eigenvalue weighted by atomic mass is 35.5. The Morgan fingerprint density at radius 1 is 1.32 bits per heavy atom. The number of aromatic nitrogens is 3. The lowest BCUT2D eigenvalue weighted by Gasteiger charge is -2.10. The molecule has 2 rings (SSSR count). The molecule has 1 aromatic carbocycles. The Morgan fingerprint density at radius 2 is 1.95 bits per heavy atom. The van der Waals surface area contributed by atoms with Gasteiger partial charge in [0.2, 0.25) is 0 Å². The summed E-state index contributed by atoms with van der Waals surface area (Å²) in [5, 5.41) is 11.0. The number of nitrogens with zero attached hydrogens (tertiary/aromatic N) is 3. The SMILES string of the molecule is CC(C)NCc1cnnn1-c1cc(Cl)c(F)c(Cl)c1. The first-order chi connectivity index (χ1) is 8.99. The molecule has 0 amide bonds. The average Bonchev–Trinajstić information content (AvgIpc) is 2.81. The molecule has 1 heterocycles. The van der Waals surface area contributed by atoms with E-state index in [2.05, 4.69) is 15.6 Å². The van der Waals surface area contributed by atoms with Crippen molar-refractivity contribution in [3.05, 3.63) is 39.9 Å². The molecule has 1 N–H and O–H groups in total.